The maximum atomic E-state index is 10.3. The lowest BCUT2D eigenvalue weighted by Crippen LogP contribution is -1.93. The average molecular weight is 198 g/mol. The van der Waals surface area contributed by atoms with E-state index in [1.54, 1.807) is 0 Å². The van der Waals surface area contributed by atoms with Crippen molar-refractivity contribution >= 4 is 11.4 Å². The second kappa shape index (κ2) is 5.80. The van der Waals surface area contributed by atoms with Crippen LogP contribution in [0.1, 0.15) is 13.8 Å². The summed E-state index contributed by atoms with van der Waals surface area (Å²) in [5, 5.41) is 10.3. The van der Waals surface area contributed by atoms with Crippen LogP contribution in [0.5, 0.6) is 5.75 Å². The maximum absolute atomic E-state index is 10.3. The number of nitro benzene ring substituents is 1. The van der Waals surface area contributed by atoms with Gasteiger partial charge >= 0.3 is 0 Å². The number of methoxy groups -OCH3 is 1. The first-order valence-electron chi connectivity index (χ1n) is 4.22. The van der Waals surface area contributed by atoms with E-state index in [9.17, 15) is 10.1 Å². The first-order valence-corrected chi connectivity index (χ1v) is 4.22. The molecule has 14 heavy (non-hydrogen) atoms. The van der Waals surface area contributed by atoms with Crippen LogP contribution in [0, 0.1) is 10.1 Å². The lowest BCUT2D eigenvalue weighted by molar-refractivity contribution is -0.384. The number of nitrogens with zero attached hydrogens (tertiary/aromatic N) is 1. The Hall–Kier alpha value is -1.78. The molecule has 0 amide bonds. The Labute approximate surface area is 82.6 Å². The molecule has 1 aromatic carbocycles. The molecular weight excluding hydrogens is 184 g/mol. The number of benzene rings is 1. The van der Waals surface area contributed by atoms with E-state index in [0.717, 1.165) is 0 Å². The lowest BCUT2D eigenvalue weighted by Gasteiger charge is -2.00. The van der Waals surface area contributed by atoms with Crippen LogP contribution in [0.25, 0.3) is 0 Å². The van der Waals surface area contributed by atoms with Crippen molar-refractivity contribution in [2.24, 2.45) is 0 Å². The number of non-ortho nitro benzene ring substituents is 1. The molecule has 0 spiro atoms. The van der Waals surface area contributed by atoms with Crippen molar-refractivity contribution in [3.8, 4) is 5.75 Å². The van der Waals surface area contributed by atoms with Crippen LogP contribution in [0.2, 0.25) is 0 Å². The van der Waals surface area contributed by atoms with Crippen molar-refractivity contribution in [2.45, 2.75) is 13.8 Å². The predicted molar refractivity (Wildman–Crippen MR) is 55.4 cm³/mol. The van der Waals surface area contributed by atoms with Gasteiger partial charge in [0.05, 0.1) is 18.1 Å². The van der Waals surface area contributed by atoms with E-state index in [1.165, 1.54) is 25.3 Å². The zero-order valence-corrected chi connectivity index (χ0v) is 8.48. The van der Waals surface area contributed by atoms with E-state index >= 15 is 0 Å². The minimum Gasteiger partial charge on any atom is -0.496 e. The Kier molecular flexibility index (Phi) is 5.06. The van der Waals surface area contributed by atoms with Gasteiger partial charge in [0.15, 0.2) is 0 Å². The third-order valence-corrected chi connectivity index (χ3v) is 1.36. The quantitative estimate of drug-likeness (QED) is 0.449. The highest BCUT2D eigenvalue weighted by Crippen LogP contribution is 2.23. The Morgan fingerprint density at radius 2 is 1.93 bits per heavy atom. The van der Waals surface area contributed by atoms with Crippen molar-refractivity contribution in [2.75, 3.05) is 12.8 Å². The zero-order valence-electron chi connectivity index (χ0n) is 8.48. The molecular formula is C9H14N2O3. The van der Waals surface area contributed by atoms with Gasteiger partial charge in [0.2, 0.25) is 0 Å². The van der Waals surface area contributed by atoms with E-state index < -0.39 is 4.92 Å². The molecule has 0 aliphatic rings. The minimum absolute atomic E-state index is 0.0631. The fourth-order valence-corrected chi connectivity index (χ4v) is 0.829. The SMILES string of the molecule is CC.COc1cc(N)cc([N+](=O)[O-])c1. The van der Waals surface area contributed by atoms with Crippen LogP contribution < -0.4 is 10.5 Å². The third-order valence-electron chi connectivity index (χ3n) is 1.36. The third kappa shape index (κ3) is 3.30. The van der Waals surface area contributed by atoms with E-state index in [0.29, 0.717) is 11.4 Å². The van der Waals surface area contributed by atoms with E-state index in [-0.39, 0.29) is 5.69 Å². The first-order chi connectivity index (χ1) is 6.63. The molecule has 0 heterocycles. The van der Waals surface area contributed by atoms with Gasteiger partial charge < -0.3 is 10.5 Å². The largest absolute Gasteiger partial charge is 0.496 e. The Bertz CT molecular complexity index is 313. The van der Waals surface area contributed by atoms with Gasteiger partial charge in [-0.15, -0.1) is 0 Å². The molecule has 0 unspecified atom stereocenters. The van der Waals surface area contributed by atoms with Crippen molar-refractivity contribution in [1.29, 1.82) is 0 Å². The van der Waals surface area contributed by atoms with Gasteiger partial charge in [0, 0.05) is 17.8 Å². The van der Waals surface area contributed by atoms with Crippen LogP contribution in [-0.2, 0) is 0 Å². The number of ether oxygens (including phenoxy) is 1. The zero-order chi connectivity index (χ0) is 11.1. The number of rotatable bonds is 2. The molecule has 78 valence electrons. The van der Waals surface area contributed by atoms with Crippen LogP contribution in [-0.4, -0.2) is 12.0 Å². The lowest BCUT2D eigenvalue weighted by atomic mass is 10.2. The first kappa shape index (κ1) is 12.2. The number of hydrogen-bond donors (Lipinski definition) is 1. The van der Waals surface area contributed by atoms with Gasteiger partial charge in [-0.3, -0.25) is 10.1 Å². The number of nitrogen functional groups attached to an aromatic ring is 1. The maximum Gasteiger partial charge on any atom is 0.275 e. The summed E-state index contributed by atoms with van der Waals surface area (Å²) in [6, 6.07) is 4.12. The Morgan fingerprint density at radius 1 is 1.36 bits per heavy atom. The molecule has 1 aromatic rings. The Morgan fingerprint density at radius 3 is 2.36 bits per heavy atom. The second-order valence-electron chi connectivity index (χ2n) is 2.22. The van der Waals surface area contributed by atoms with Crippen LogP contribution in [0.15, 0.2) is 18.2 Å². The smallest absolute Gasteiger partial charge is 0.275 e. The number of anilines is 1. The monoisotopic (exact) mass is 198 g/mol. The van der Waals surface area contributed by atoms with Crippen molar-refractivity contribution < 1.29 is 9.66 Å². The highest BCUT2D eigenvalue weighted by Gasteiger charge is 2.07. The van der Waals surface area contributed by atoms with E-state index in [4.69, 9.17) is 10.5 Å². The fraction of sp³-hybridized carbons (Fsp3) is 0.333. The number of nitro groups is 1. The molecule has 0 aromatic heterocycles. The van der Waals surface area contributed by atoms with Gasteiger partial charge in [0.25, 0.3) is 5.69 Å². The molecule has 5 nitrogen and oxygen atoms in total. The van der Waals surface area contributed by atoms with Crippen LogP contribution in [0.3, 0.4) is 0 Å². The van der Waals surface area contributed by atoms with Crippen molar-refractivity contribution in [3.63, 3.8) is 0 Å². The van der Waals surface area contributed by atoms with Gasteiger partial charge in [0.1, 0.15) is 5.75 Å². The van der Waals surface area contributed by atoms with Crippen molar-refractivity contribution in [1.82, 2.24) is 0 Å². The summed E-state index contributed by atoms with van der Waals surface area (Å²) in [5.74, 6) is 0.390. The van der Waals surface area contributed by atoms with Gasteiger partial charge in [-0.25, -0.2) is 0 Å². The van der Waals surface area contributed by atoms with Gasteiger partial charge in [-0.2, -0.15) is 0 Å². The average Bonchev–Trinajstić information content (AvgIpc) is 2.20. The van der Waals surface area contributed by atoms with E-state index in [1.807, 2.05) is 13.8 Å². The summed E-state index contributed by atoms with van der Waals surface area (Å²) in [6.07, 6.45) is 0. The molecule has 5 heteroatoms. The highest BCUT2D eigenvalue weighted by molar-refractivity contribution is 5.53. The predicted octanol–water partition coefficient (Wildman–Crippen LogP) is 2.21. The molecule has 0 radical (unpaired) electrons. The minimum atomic E-state index is -0.515. The summed E-state index contributed by atoms with van der Waals surface area (Å²) in [6.45, 7) is 4.00. The summed E-state index contributed by atoms with van der Waals surface area (Å²) in [5.41, 5.74) is 5.65. The van der Waals surface area contributed by atoms with Crippen molar-refractivity contribution in [3.05, 3.63) is 28.3 Å². The fourth-order valence-electron chi connectivity index (χ4n) is 0.829. The van der Waals surface area contributed by atoms with Crippen LogP contribution in [0.4, 0.5) is 11.4 Å². The molecule has 0 saturated heterocycles. The standard InChI is InChI=1S/C7H8N2O3.C2H6/c1-12-7-3-5(8)2-6(4-7)9(10)11;1-2/h2-4H,8H2,1H3;1-2H3. The van der Waals surface area contributed by atoms with Gasteiger partial charge in [-0.1, -0.05) is 13.8 Å². The van der Waals surface area contributed by atoms with Crippen LogP contribution >= 0.6 is 0 Å². The molecule has 0 saturated carbocycles. The summed E-state index contributed by atoms with van der Waals surface area (Å²) in [7, 11) is 1.43. The topological polar surface area (TPSA) is 78.4 Å². The molecule has 1 rings (SSSR count). The second-order valence-corrected chi connectivity index (χ2v) is 2.22. The molecule has 0 fully saturated rings. The number of nitrogens with two attached hydrogens (primary N) is 1. The summed E-state index contributed by atoms with van der Waals surface area (Å²) in [4.78, 5) is 9.80. The highest BCUT2D eigenvalue weighted by atomic mass is 16.6. The molecule has 0 bridgehead atoms. The normalized spacial score (nSPS) is 8.50. The van der Waals surface area contributed by atoms with E-state index in [2.05, 4.69) is 0 Å². The number of hydrogen-bond acceptors (Lipinski definition) is 4. The molecule has 2 N–H and O–H groups in total. The Balaban J connectivity index is 0.000000791. The molecule has 0 aliphatic heterocycles. The van der Waals surface area contributed by atoms with Gasteiger partial charge in [-0.05, 0) is 0 Å². The summed E-state index contributed by atoms with van der Waals surface area (Å²) < 4.78 is 4.80. The molecule has 0 aliphatic carbocycles. The summed E-state index contributed by atoms with van der Waals surface area (Å²) >= 11 is 0. The molecule has 0 atom stereocenters.